The lowest BCUT2D eigenvalue weighted by atomic mass is 9.93. The number of carbonyl (C=O) groups excluding carboxylic acids is 1. The number of thiazole rings is 1. The number of aromatic nitrogens is 1. The van der Waals surface area contributed by atoms with Crippen molar-refractivity contribution in [2.75, 3.05) is 19.7 Å². The third-order valence-electron chi connectivity index (χ3n) is 4.95. The molecule has 0 bridgehead atoms. The number of nitrogens with zero attached hydrogens (tertiary/aromatic N) is 1. The maximum atomic E-state index is 11.4. The van der Waals surface area contributed by atoms with Gasteiger partial charge in [0.15, 0.2) is 0 Å². The van der Waals surface area contributed by atoms with E-state index in [4.69, 9.17) is 9.72 Å². The minimum absolute atomic E-state index is 0. The van der Waals surface area contributed by atoms with E-state index in [9.17, 15) is 4.79 Å². The molecule has 1 N–H and O–H groups in total. The maximum absolute atomic E-state index is 11.4. The first-order valence-electron chi connectivity index (χ1n) is 9.64. The monoisotopic (exact) mass is 408 g/mol. The summed E-state index contributed by atoms with van der Waals surface area (Å²) in [5, 5.41) is 6.82. The van der Waals surface area contributed by atoms with Crippen LogP contribution >= 0.6 is 23.7 Å². The molecule has 2 aromatic rings. The van der Waals surface area contributed by atoms with Crippen molar-refractivity contribution >= 4 is 29.7 Å². The topological polar surface area (TPSA) is 51.2 Å². The Balaban J connectivity index is 0.00000261. The van der Waals surface area contributed by atoms with Gasteiger partial charge in [0.05, 0.1) is 17.3 Å². The van der Waals surface area contributed by atoms with E-state index >= 15 is 0 Å². The molecule has 0 spiro atoms. The standard InChI is InChI=1S/C21H28N2O2S.ClH/c1-2-25-21(24)10-6-16-3-7-18(8-4-16)19-15-26-20(23-19)9-5-17-11-13-22-14-12-17;/h3-4,7-8,15,17,22H,2,5-6,9-14H2,1H3;1H. The van der Waals surface area contributed by atoms with E-state index in [1.165, 1.54) is 24.3 Å². The normalized spacial score (nSPS) is 14.6. The molecule has 0 atom stereocenters. The average molecular weight is 409 g/mol. The lowest BCUT2D eigenvalue weighted by Gasteiger charge is -2.21. The number of benzene rings is 1. The number of esters is 1. The molecule has 27 heavy (non-hydrogen) atoms. The Morgan fingerprint density at radius 2 is 1.96 bits per heavy atom. The van der Waals surface area contributed by atoms with Crippen LogP contribution in [0.3, 0.4) is 0 Å². The molecular weight excluding hydrogens is 380 g/mol. The Hall–Kier alpha value is -1.43. The molecule has 3 rings (SSSR count). The highest BCUT2D eigenvalue weighted by molar-refractivity contribution is 7.09. The van der Waals surface area contributed by atoms with Crippen molar-refractivity contribution in [3.05, 3.63) is 40.2 Å². The van der Waals surface area contributed by atoms with Gasteiger partial charge in [0.2, 0.25) is 0 Å². The van der Waals surface area contributed by atoms with E-state index < -0.39 is 0 Å². The number of rotatable bonds is 8. The van der Waals surface area contributed by atoms with Gasteiger partial charge in [-0.05, 0) is 63.6 Å². The van der Waals surface area contributed by atoms with E-state index in [0.717, 1.165) is 48.7 Å². The fraction of sp³-hybridized carbons (Fsp3) is 0.524. The highest BCUT2D eigenvalue weighted by Crippen LogP contribution is 2.25. The van der Waals surface area contributed by atoms with Gasteiger partial charge in [0.1, 0.15) is 0 Å². The van der Waals surface area contributed by atoms with Gasteiger partial charge in [0.25, 0.3) is 0 Å². The predicted octanol–water partition coefficient (Wildman–Crippen LogP) is 4.66. The molecule has 0 amide bonds. The van der Waals surface area contributed by atoms with Gasteiger partial charge in [-0.15, -0.1) is 23.7 Å². The number of hydrogen-bond acceptors (Lipinski definition) is 5. The lowest BCUT2D eigenvalue weighted by molar-refractivity contribution is -0.143. The number of piperidine rings is 1. The first kappa shape index (κ1) is 21.9. The number of carbonyl (C=O) groups is 1. The highest BCUT2D eigenvalue weighted by atomic mass is 35.5. The SMILES string of the molecule is CCOC(=O)CCc1ccc(-c2csc(CCC3CCNCC3)n2)cc1.Cl. The van der Waals surface area contributed by atoms with Gasteiger partial charge in [0, 0.05) is 17.4 Å². The van der Waals surface area contributed by atoms with Crippen LogP contribution in [0.5, 0.6) is 0 Å². The second-order valence-corrected chi connectivity index (χ2v) is 7.80. The van der Waals surface area contributed by atoms with E-state index in [1.807, 2.05) is 6.92 Å². The smallest absolute Gasteiger partial charge is 0.306 e. The first-order valence-corrected chi connectivity index (χ1v) is 10.5. The van der Waals surface area contributed by atoms with Crippen LogP contribution in [0.2, 0.25) is 0 Å². The molecule has 0 saturated carbocycles. The summed E-state index contributed by atoms with van der Waals surface area (Å²) in [6.07, 6.45) is 6.09. The minimum Gasteiger partial charge on any atom is -0.466 e. The number of halogens is 1. The van der Waals surface area contributed by atoms with Crippen molar-refractivity contribution in [2.24, 2.45) is 5.92 Å². The summed E-state index contributed by atoms with van der Waals surface area (Å²) in [7, 11) is 0. The predicted molar refractivity (Wildman–Crippen MR) is 114 cm³/mol. The van der Waals surface area contributed by atoms with Crippen molar-refractivity contribution in [3.63, 3.8) is 0 Å². The fourth-order valence-corrected chi connectivity index (χ4v) is 4.20. The van der Waals surface area contributed by atoms with E-state index in [2.05, 4.69) is 35.0 Å². The molecule has 1 saturated heterocycles. The van der Waals surface area contributed by atoms with Crippen LogP contribution in [0, 0.1) is 5.92 Å². The number of aryl methyl sites for hydroxylation is 2. The second kappa shape index (κ2) is 11.4. The Morgan fingerprint density at radius 3 is 2.67 bits per heavy atom. The molecule has 1 aromatic carbocycles. The summed E-state index contributed by atoms with van der Waals surface area (Å²) in [5.74, 6) is 0.719. The largest absolute Gasteiger partial charge is 0.466 e. The second-order valence-electron chi connectivity index (χ2n) is 6.86. The molecule has 148 valence electrons. The fourth-order valence-electron chi connectivity index (χ4n) is 3.38. The van der Waals surface area contributed by atoms with Crippen molar-refractivity contribution in [2.45, 2.75) is 45.4 Å². The van der Waals surface area contributed by atoms with Crippen LogP contribution in [0.25, 0.3) is 11.3 Å². The summed E-state index contributed by atoms with van der Waals surface area (Å²) in [5.41, 5.74) is 3.37. The zero-order valence-electron chi connectivity index (χ0n) is 15.9. The van der Waals surface area contributed by atoms with E-state index in [-0.39, 0.29) is 18.4 Å². The Bertz CT molecular complexity index is 696. The zero-order valence-corrected chi connectivity index (χ0v) is 17.5. The van der Waals surface area contributed by atoms with Crippen molar-refractivity contribution < 1.29 is 9.53 Å². The average Bonchev–Trinajstić information content (AvgIpc) is 3.15. The summed E-state index contributed by atoms with van der Waals surface area (Å²) in [6, 6.07) is 8.38. The molecule has 6 heteroatoms. The number of nitrogens with one attached hydrogen (secondary N) is 1. The molecule has 1 aliphatic rings. The molecule has 2 heterocycles. The van der Waals surface area contributed by atoms with Gasteiger partial charge < -0.3 is 10.1 Å². The highest BCUT2D eigenvalue weighted by Gasteiger charge is 2.14. The minimum atomic E-state index is -0.130. The van der Waals surface area contributed by atoms with Crippen LogP contribution in [0.4, 0.5) is 0 Å². The molecule has 4 nitrogen and oxygen atoms in total. The van der Waals surface area contributed by atoms with Crippen molar-refractivity contribution in [1.29, 1.82) is 0 Å². The van der Waals surface area contributed by atoms with Gasteiger partial charge in [-0.25, -0.2) is 4.98 Å². The lowest BCUT2D eigenvalue weighted by Crippen LogP contribution is -2.27. The van der Waals surface area contributed by atoms with Gasteiger partial charge >= 0.3 is 5.97 Å². The number of ether oxygens (including phenoxy) is 1. The van der Waals surface area contributed by atoms with Gasteiger partial charge in [-0.2, -0.15) is 0 Å². The summed E-state index contributed by atoms with van der Waals surface area (Å²) >= 11 is 1.77. The zero-order chi connectivity index (χ0) is 18.2. The third-order valence-corrected chi connectivity index (χ3v) is 5.86. The molecule has 0 aliphatic carbocycles. The Morgan fingerprint density at radius 1 is 1.22 bits per heavy atom. The number of hydrogen-bond donors (Lipinski definition) is 1. The van der Waals surface area contributed by atoms with Gasteiger partial charge in [-0.1, -0.05) is 24.3 Å². The molecular formula is C21H29ClN2O2S. The van der Waals surface area contributed by atoms with Crippen LogP contribution in [-0.2, 0) is 22.4 Å². The van der Waals surface area contributed by atoms with E-state index in [0.29, 0.717) is 13.0 Å². The maximum Gasteiger partial charge on any atom is 0.306 e. The van der Waals surface area contributed by atoms with Gasteiger partial charge in [-0.3, -0.25) is 4.79 Å². The molecule has 1 aromatic heterocycles. The van der Waals surface area contributed by atoms with Crippen LogP contribution in [-0.4, -0.2) is 30.6 Å². The van der Waals surface area contributed by atoms with E-state index in [1.54, 1.807) is 11.3 Å². The summed E-state index contributed by atoms with van der Waals surface area (Å²) in [4.78, 5) is 16.3. The Kier molecular flexibility index (Phi) is 9.25. The third kappa shape index (κ3) is 6.91. The quantitative estimate of drug-likeness (QED) is 0.645. The van der Waals surface area contributed by atoms with Crippen LogP contribution < -0.4 is 5.32 Å². The Labute approximate surface area is 172 Å². The summed E-state index contributed by atoms with van der Waals surface area (Å²) in [6.45, 7) is 4.61. The first-order chi connectivity index (χ1) is 12.7. The van der Waals surface area contributed by atoms with Crippen molar-refractivity contribution in [3.8, 4) is 11.3 Å². The van der Waals surface area contributed by atoms with Crippen LogP contribution in [0.1, 0.15) is 43.2 Å². The molecule has 1 aliphatic heterocycles. The molecule has 0 unspecified atom stereocenters. The summed E-state index contributed by atoms with van der Waals surface area (Å²) < 4.78 is 4.98. The molecule has 0 radical (unpaired) electrons. The molecule has 1 fully saturated rings. The van der Waals surface area contributed by atoms with Crippen LogP contribution in [0.15, 0.2) is 29.6 Å². The van der Waals surface area contributed by atoms with Crippen molar-refractivity contribution in [1.82, 2.24) is 10.3 Å².